The molecule has 1 aromatic heterocycles. The van der Waals surface area contributed by atoms with Crippen molar-refractivity contribution in [1.29, 1.82) is 0 Å². The zero-order valence-electron chi connectivity index (χ0n) is 12.3. The molecule has 2 heterocycles. The van der Waals surface area contributed by atoms with Crippen molar-refractivity contribution in [1.82, 2.24) is 9.88 Å². The minimum atomic E-state index is 0.214. The van der Waals surface area contributed by atoms with Gasteiger partial charge in [0.1, 0.15) is 0 Å². The summed E-state index contributed by atoms with van der Waals surface area (Å²) in [4.78, 5) is 8.34. The van der Waals surface area contributed by atoms with E-state index in [1.165, 1.54) is 35.8 Å². The molecule has 2 atom stereocenters. The van der Waals surface area contributed by atoms with Gasteiger partial charge in [0.05, 0.1) is 11.6 Å². The highest BCUT2D eigenvalue weighted by Crippen LogP contribution is 2.27. The normalized spacial score (nSPS) is 22.9. The van der Waals surface area contributed by atoms with Crippen molar-refractivity contribution in [2.45, 2.75) is 52.0 Å². The fraction of sp³-hybridized carbons (Fsp3) is 0.800. The van der Waals surface area contributed by atoms with Crippen LogP contribution in [-0.2, 0) is 6.42 Å². The van der Waals surface area contributed by atoms with Crippen LogP contribution in [-0.4, -0.2) is 40.7 Å². The molecule has 0 spiro atoms. The number of aromatic nitrogens is 1. The Morgan fingerprint density at radius 2 is 2.26 bits per heavy atom. The van der Waals surface area contributed by atoms with Gasteiger partial charge in [0.2, 0.25) is 0 Å². The summed E-state index contributed by atoms with van der Waals surface area (Å²) in [6.45, 7) is 9.30. The molecule has 108 valence electrons. The molecule has 0 bridgehead atoms. The first-order valence-corrected chi connectivity index (χ1v) is 8.21. The van der Waals surface area contributed by atoms with Gasteiger partial charge in [-0.3, -0.25) is 0 Å². The Hall–Kier alpha value is -0.450. The fourth-order valence-electron chi connectivity index (χ4n) is 2.72. The van der Waals surface area contributed by atoms with E-state index >= 15 is 0 Å². The molecule has 1 aliphatic rings. The lowest BCUT2D eigenvalue weighted by Crippen LogP contribution is -2.40. The third-order valence-corrected chi connectivity index (χ3v) is 5.33. The molecule has 1 saturated heterocycles. The standard InChI is InChI=1S/C15H26N2OS/c1-11(2)17-6-4-5-13(9-17)7-15-16-8-14(19-15)12(3)10-18/h8,11-13,18H,4-7,9-10H2,1-3H3. The van der Waals surface area contributed by atoms with E-state index in [1.807, 2.05) is 6.20 Å². The topological polar surface area (TPSA) is 36.4 Å². The minimum Gasteiger partial charge on any atom is -0.396 e. The Bertz CT molecular complexity index is 391. The molecular formula is C15H26N2OS. The highest BCUT2D eigenvalue weighted by molar-refractivity contribution is 7.11. The van der Waals surface area contributed by atoms with Crippen LogP contribution in [0.25, 0.3) is 0 Å². The molecular weight excluding hydrogens is 256 g/mol. The quantitative estimate of drug-likeness (QED) is 0.902. The molecule has 19 heavy (non-hydrogen) atoms. The molecule has 0 aliphatic carbocycles. The van der Waals surface area contributed by atoms with E-state index in [2.05, 4.69) is 30.7 Å². The lowest BCUT2D eigenvalue weighted by atomic mass is 9.94. The predicted molar refractivity (Wildman–Crippen MR) is 80.8 cm³/mol. The van der Waals surface area contributed by atoms with Gasteiger partial charge in [-0.1, -0.05) is 6.92 Å². The van der Waals surface area contributed by atoms with Crippen molar-refractivity contribution in [3.05, 3.63) is 16.1 Å². The van der Waals surface area contributed by atoms with Crippen LogP contribution in [0.1, 0.15) is 49.4 Å². The number of aliphatic hydroxyl groups excluding tert-OH is 1. The van der Waals surface area contributed by atoms with Crippen LogP contribution in [0.15, 0.2) is 6.20 Å². The van der Waals surface area contributed by atoms with Crippen molar-refractivity contribution in [3.63, 3.8) is 0 Å². The molecule has 1 aliphatic heterocycles. The second-order valence-electron chi connectivity index (χ2n) is 6.04. The first kappa shape index (κ1) is 14.9. The van der Waals surface area contributed by atoms with E-state index in [4.69, 9.17) is 0 Å². The number of thiazole rings is 1. The minimum absolute atomic E-state index is 0.214. The van der Waals surface area contributed by atoms with Crippen molar-refractivity contribution in [2.75, 3.05) is 19.7 Å². The van der Waals surface area contributed by atoms with E-state index in [0.717, 1.165) is 12.3 Å². The van der Waals surface area contributed by atoms with Crippen LogP contribution >= 0.6 is 11.3 Å². The molecule has 4 heteroatoms. The lowest BCUT2D eigenvalue weighted by molar-refractivity contribution is 0.139. The Morgan fingerprint density at radius 1 is 1.47 bits per heavy atom. The number of hydrogen-bond donors (Lipinski definition) is 1. The first-order valence-electron chi connectivity index (χ1n) is 7.39. The van der Waals surface area contributed by atoms with E-state index in [9.17, 15) is 5.11 Å². The zero-order valence-corrected chi connectivity index (χ0v) is 13.1. The number of aliphatic hydroxyl groups is 1. The van der Waals surface area contributed by atoms with E-state index in [-0.39, 0.29) is 12.5 Å². The van der Waals surface area contributed by atoms with Gasteiger partial charge < -0.3 is 10.0 Å². The van der Waals surface area contributed by atoms with Gasteiger partial charge in [0.15, 0.2) is 0 Å². The van der Waals surface area contributed by atoms with Crippen LogP contribution in [0.4, 0.5) is 0 Å². The van der Waals surface area contributed by atoms with Gasteiger partial charge >= 0.3 is 0 Å². The van der Waals surface area contributed by atoms with Crippen LogP contribution in [0.5, 0.6) is 0 Å². The maximum absolute atomic E-state index is 9.19. The highest BCUT2D eigenvalue weighted by Gasteiger charge is 2.23. The van der Waals surface area contributed by atoms with Crippen molar-refractivity contribution in [3.8, 4) is 0 Å². The van der Waals surface area contributed by atoms with Crippen molar-refractivity contribution in [2.24, 2.45) is 5.92 Å². The summed E-state index contributed by atoms with van der Waals surface area (Å²) in [5, 5.41) is 10.4. The molecule has 1 fully saturated rings. The fourth-order valence-corrected chi connectivity index (χ4v) is 3.79. The van der Waals surface area contributed by atoms with Crippen LogP contribution in [0.3, 0.4) is 0 Å². The summed E-state index contributed by atoms with van der Waals surface area (Å²) in [5.74, 6) is 0.976. The average molecular weight is 282 g/mol. The number of likely N-dealkylation sites (tertiary alicyclic amines) is 1. The maximum Gasteiger partial charge on any atom is 0.0931 e. The second kappa shape index (κ2) is 6.82. The molecule has 3 nitrogen and oxygen atoms in total. The molecule has 0 saturated carbocycles. The lowest BCUT2D eigenvalue weighted by Gasteiger charge is -2.35. The summed E-state index contributed by atoms with van der Waals surface area (Å²) >= 11 is 1.78. The number of nitrogens with zero attached hydrogens (tertiary/aromatic N) is 2. The molecule has 0 amide bonds. The molecule has 2 rings (SSSR count). The largest absolute Gasteiger partial charge is 0.396 e. The number of hydrogen-bond acceptors (Lipinski definition) is 4. The SMILES string of the molecule is CC(CO)c1cnc(CC2CCCN(C(C)C)C2)s1. The summed E-state index contributed by atoms with van der Waals surface area (Å²) < 4.78 is 0. The van der Waals surface area contributed by atoms with Crippen molar-refractivity contribution >= 4 is 11.3 Å². The van der Waals surface area contributed by atoms with Crippen LogP contribution < -0.4 is 0 Å². The zero-order chi connectivity index (χ0) is 13.8. The Balaban J connectivity index is 1.91. The van der Waals surface area contributed by atoms with E-state index in [1.54, 1.807) is 11.3 Å². The predicted octanol–water partition coefficient (Wildman–Crippen LogP) is 2.90. The van der Waals surface area contributed by atoms with Gasteiger partial charge in [0, 0.05) is 36.0 Å². The first-order chi connectivity index (χ1) is 9.10. The Labute approximate surface area is 120 Å². The van der Waals surface area contributed by atoms with Gasteiger partial charge in [-0.2, -0.15) is 0 Å². The highest BCUT2D eigenvalue weighted by atomic mass is 32.1. The number of piperidine rings is 1. The summed E-state index contributed by atoms with van der Waals surface area (Å²) in [5.41, 5.74) is 0. The summed E-state index contributed by atoms with van der Waals surface area (Å²) in [7, 11) is 0. The summed E-state index contributed by atoms with van der Waals surface area (Å²) in [6.07, 6.45) is 5.69. The van der Waals surface area contributed by atoms with Gasteiger partial charge in [0.25, 0.3) is 0 Å². The second-order valence-corrected chi connectivity index (χ2v) is 7.19. The third-order valence-electron chi connectivity index (χ3n) is 4.08. The van der Waals surface area contributed by atoms with Crippen molar-refractivity contribution < 1.29 is 5.11 Å². The Kier molecular flexibility index (Phi) is 5.37. The van der Waals surface area contributed by atoms with Crippen LogP contribution in [0, 0.1) is 5.92 Å². The maximum atomic E-state index is 9.19. The molecule has 1 N–H and O–H groups in total. The smallest absolute Gasteiger partial charge is 0.0931 e. The molecule has 0 radical (unpaired) electrons. The van der Waals surface area contributed by atoms with Gasteiger partial charge in [-0.05, 0) is 39.2 Å². The monoisotopic (exact) mass is 282 g/mol. The molecule has 2 unspecified atom stereocenters. The average Bonchev–Trinajstić information content (AvgIpc) is 2.86. The van der Waals surface area contributed by atoms with Gasteiger partial charge in [-0.15, -0.1) is 11.3 Å². The van der Waals surface area contributed by atoms with E-state index < -0.39 is 0 Å². The number of rotatable bonds is 5. The summed E-state index contributed by atoms with van der Waals surface area (Å²) in [6, 6.07) is 0.657. The Morgan fingerprint density at radius 3 is 2.95 bits per heavy atom. The molecule has 0 aromatic carbocycles. The third kappa shape index (κ3) is 4.01. The van der Waals surface area contributed by atoms with Crippen LogP contribution in [0.2, 0.25) is 0 Å². The molecule has 1 aromatic rings. The van der Waals surface area contributed by atoms with Gasteiger partial charge in [-0.25, -0.2) is 4.98 Å². The van der Waals surface area contributed by atoms with E-state index in [0.29, 0.717) is 6.04 Å².